The van der Waals surface area contributed by atoms with Crippen LogP contribution in [-0.2, 0) is 9.59 Å². The molecule has 0 aliphatic heterocycles. The minimum Gasteiger partial charge on any atom is -0.481 e. The van der Waals surface area contributed by atoms with Crippen molar-refractivity contribution in [3.05, 3.63) is 0 Å². The van der Waals surface area contributed by atoms with Gasteiger partial charge in [-0.25, -0.2) is 0 Å². The molecule has 1 amide bonds. The van der Waals surface area contributed by atoms with E-state index in [0.29, 0.717) is 12.5 Å². The second kappa shape index (κ2) is 4.56. The number of carboxylic acids is 1. The van der Waals surface area contributed by atoms with E-state index >= 15 is 0 Å². The Bertz CT molecular complexity index is 364. The Labute approximate surface area is 107 Å². The number of carbonyl (C=O) groups is 2. The molecule has 2 N–H and O–H groups in total. The van der Waals surface area contributed by atoms with Crippen molar-refractivity contribution in [2.75, 3.05) is 0 Å². The van der Waals surface area contributed by atoms with Gasteiger partial charge in [-0.2, -0.15) is 0 Å². The minimum atomic E-state index is -0.824. The van der Waals surface area contributed by atoms with Gasteiger partial charge in [0.1, 0.15) is 0 Å². The third-order valence-electron chi connectivity index (χ3n) is 4.79. The Morgan fingerprint density at radius 3 is 2.33 bits per heavy atom. The highest BCUT2D eigenvalue weighted by atomic mass is 16.4. The largest absolute Gasteiger partial charge is 0.481 e. The fourth-order valence-electron chi connectivity index (χ4n) is 3.42. The molecule has 0 spiro atoms. The molecule has 0 unspecified atom stereocenters. The van der Waals surface area contributed by atoms with Crippen LogP contribution in [0.4, 0.5) is 0 Å². The van der Waals surface area contributed by atoms with Crippen LogP contribution in [0, 0.1) is 23.7 Å². The molecule has 3 aliphatic rings. The van der Waals surface area contributed by atoms with Crippen molar-refractivity contribution in [2.45, 2.75) is 51.0 Å². The van der Waals surface area contributed by atoms with Crippen LogP contribution in [0.2, 0.25) is 0 Å². The van der Waals surface area contributed by atoms with Gasteiger partial charge < -0.3 is 10.4 Å². The van der Waals surface area contributed by atoms with Crippen molar-refractivity contribution in [3.8, 4) is 0 Å². The van der Waals surface area contributed by atoms with Gasteiger partial charge in [0.05, 0.1) is 11.8 Å². The molecule has 18 heavy (non-hydrogen) atoms. The molecule has 3 rings (SSSR count). The molecule has 0 bridgehead atoms. The van der Waals surface area contributed by atoms with E-state index in [1.54, 1.807) is 0 Å². The van der Waals surface area contributed by atoms with Crippen molar-refractivity contribution < 1.29 is 14.7 Å². The first-order valence-electron chi connectivity index (χ1n) is 7.18. The molecule has 3 saturated carbocycles. The van der Waals surface area contributed by atoms with E-state index in [2.05, 4.69) is 5.32 Å². The minimum absolute atomic E-state index is 0.0242. The van der Waals surface area contributed by atoms with Gasteiger partial charge in [-0.15, -0.1) is 0 Å². The number of hydrogen-bond acceptors (Lipinski definition) is 2. The van der Waals surface area contributed by atoms with E-state index in [4.69, 9.17) is 5.11 Å². The fourth-order valence-corrected chi connectivity index (χ4v) is 3.42. The first kappa shape index (κ1) is 12.0. The van der Waals surface area contributed by atoms with Gasteiger partial charge in [0.15, 0.2) is 0 Å². The molecule has 0 heterocycles. The van der Waals surface area contributed by atoms with Gasteiger partial charge >= 0.3 is 5.97 Å². The monoisotopic (exact) mass is 251 g/mol. The zero-order valence-corrected chi connectivity index (χ0v) is 10.6. The Hall–Kier alpha value is -1.06. The number of carboxylic acid groups (broad SMARTS) is 1. The van der Waals surface area contributed by atoms with Crippen LogP contribution in [-0.4, -0.2) is 23.0 Å². The third kappa shape index (κ3) is 2.52. The van der Waals surface area contributed by atoms with Crippen molar-refractivity contribution in [1.82, 2.24) is 5.32 Å². The Morgan fingerprint density at radius 2 is 1.72 bits per heavy atom. The molecular formula is C14H21NO3. The summed E-state index contributed by atoms with van der Waals surface area (Å²) in [6, 6.07) is 0.298. The van der Waals surface area contributed by atoms with Gasteiger partial charge in [0, 0.05) is 6.04 Å². The number of rotatable bonds is 4. The highest BCUT2D eigenvalue weighted by Crippen LogP contribution is 2.44. The van der Waals surface area contributed by atoms with Gasteiger partial charge in [-0.3, -0.25) is 9.59 Å². The van der Waals surface area contributed by atoms with E-state index < -0.39 is 11.9 Å². The number of hydrogen-bond donors (Lipinski definition) is 2. The lowest BCUT2D eigenvalue weighted by molar-refractivity contribution is -0.140. The average Bonchev–Trinajstić information content (AvgIpc) is 3.20. The summed E-state index contributed by atoms with van der Waals surface area (Å²) in [5.74, 6) is 0.186. The average molecular weight is 251 g/mol. The molecule has 0 aromatic carbocycles. The maximum atomic E-state index is 11.9. The molecule has 4 atom stereocenters. The quantitative estimate of drug-likeness (QED) is 0.800. The van der Waals surface area contributed by atoms with Crippen molar-refractivity contribution in [3.63, 3.8) is 0 Å². The lowest BCUT2D eigenvalue weighted by Gasteiger charge is -2.29. The second-order valence-electron chi connectivity index (χ2n) is 6.26. The molecule has 4 nitrogen and oxygen atoms in total. The molecule has 4 heteroatoms. The molecule has 3 fully saturated rings. The SMILES string of the molecule is O=C(N[C@H]1CCC[C@@H](C2CC2)C1)[C@H]1C[C@H]1C(=O)O. The first-order valence-corrected chi connectivity index (χ1v) is 7.18. The highest BCUT2D eigenvalue weighted by Gasteiger charge is 2.48. The summed E-state index contributed by atoms with van der Waals surface area (Å²) in [5, 5.41) is 11.9. The van der Waals surface area contributed by atoms with Crippen LogP contribution in [0.15, 0.2) is 0 Å². The summed E-state index contributed by atoms with van der Waals surface area (Å²) < 4.78 is 0. The van der Waals surface area contributed by atoms with Crippen LogP contribution >= 0.6 is 0 Å². The number of carbonyl (C=O) groups excluding carboxylic acids is 1. The van der Waals surface area contributed by atoms with E-state index in [0.717, 1.165) is 24.7 Å². The third-order valence-corrected chi connectivity index (χ3v) is 4.79. The van der Waals surface area contributed by atoms with E-state index in [9.17, 15) is 9.59 Å². The fraction of sp³-hybridized carbons (Fsp3) is 0.857. The predicted octanol–water partition coefficient (Wildman–Crippen LogP) is 1.79. The Kier molecular flexibility index (Phi) is 3.04. The lowest BCUT2D eigenvalue weighted by atomic mass is 9.82. The van der Waals surface area contributed by atoms with Crippen molar-refractivity contribution >= 4 is 11.9 Å². The van der Waals surface area contributed by atoms with Crippen LogP contribution in [0.5, 0.6) is 0 Å². The summed E-state index contributed by atoms with van der Waals surface area (Å²) in [4.78, 5) is 22.6. The maximum Gasteiger partial charge on any atom is 0.307 e. The molecule has 0 radical (unpaired) electrons. The predicted molar refractivity (Wildman–Crippen MR) is 65.8 cm³/mol. The van der Waals surface area contributed by atoms with Crippen molar-refractivity contribution in [2.24, 2.45) is 23.7 Å². The number of aliphatic carboxylic acids is 1. The van der Waals surface area contributed by atoms with Gasteiger partial charge in [0.2, 0.25) is 5.91 Å². The maximum absolute atomic E-state index is 11.9. The summed E-state index contributed by atoms with van der Waals surface area (Å²) >= 11 is 0. The zero-order chi connectivity index (χ0) is 12.7. The molecular weight excluding hydrogens is 230 g/mol. The van der Waals surface area contributed by atoms with Gasteiger partial charge in [-0.05, 0) is 43.9 Å². The lowest BCUT2D eigenvalue weighted by Crippen LogP contribution is -2.40. The normalized spacial score (nSPS) is 39.1. The standard InChI is InChI=1S/C14H21NO3/c16-13(11-7-12(11)14(17)18)15-10-3-1-2-9(6-10)8-4-5-8/h8-12H,1-7H2,(H,15,16)(H,17,18)/t9-,10+,11+,12-/m1/s1. The molecule has 0 aromatic heterocycles. The number of amides is 1. The Balaban J connectivity index is 1.47. The van der Waals surface area contributed by atoms with E-state index in [1.165, 1.54) is 25.7 Å². The summed E-state index contributed by atoms with van der Waals surface area (Å²) in [6.07, 6.45) is 7.97. The van der Waals surface area contributed by atoms with Gasteiger partial charge in [-0.1, -0.05) is 12.8 Å². The van der Waals surface area contributed by atoms with Gasteiger partial charge in [0.25, 0.3) is 0 Å². The summed E-state index contributed by atoms with van der Waals surface area (Å²) in [6.45, 7) is 0. The topological polar surface area (TPSA) is 66.4 Å². The van der Waals surface area contributed by atoms with E-state index in [1.807, 2.05) is 0 Å². The van der Waals surface area contributed by atoms with Crippen LogP contribution in [0.25, 0.3) is 0 Å². The van der Waals surface area contributed by atoms with Crippen molar-refractivity contribution in [1.29, 1.82) is 0 Å². The van der Waals surface area contributed by atoms with Crippen LogP contribution in [0.1, 0.15) is 44.9 Å². The highest BCUT2D eigenvalue weighted by molar-refractivity contribution is 5.89. The molecule has 0 saturated heterocycles. The molecule has 100 valence electrons. The van der Waals surface area contributed by atoms with E-state index in [-0.39, 0.29) is 11.8 Å². The second-order valence-corrected chi connectivity index (χ2v) is 6.26. The zero-order valence-electron chi connectivity index (χ0n) is 10.6. The number of nitrogens with one attached hydrogen (secondary N) is 1. The smallest absolute Gasteiger partial charge is 0.307 e. The Morgan fingerprint density at radius 1 is 0.944 bits per heavy atom. The van der Waals surface area contributed by atoms with Crippen LogP contribution < -0.4 is 5.32 Å². The molecule has 0 aromatic rings. The summed E-state index contributed by atoms with van der Waals surface area (Å²) in [7, 11) is 0. The van der Waals surface area contributed by atoms with Crippen LogP contribution in [0.3, 0.4) is 0 Å². The first-order chi connectivity index (χ1) is 8.65. The summed E-state index contributed by atoms with van der Waals surface area (Å²) in [5.41, 5.74) is 0. The molecule has 3 aliphatic carbocycles.